The molecule has 1 aliphatic heterocycles. The number of sulfonamides is 1. The minimum absolute atomic E-state index is 0.121. The Balaban J connectivity index is 1.30. The second-order valence-electron chi connectivity index (χ2n) is 9.40. The van der Waals surface area contributed by atoms with Crippen molar-refractivity contribution in [3.63, 3.8) is 0 Å². The first-order chi connectivity index (χ1) is 17.2. The molecule has 0 amide bonds. The summed E-state index contributed by atoms with van der Waals surface area (Å²) in [4.78, 5) is 17.8. The molecule has 2 N–H and O–H groups in total. The Hall–Kier alpha value is -3.18. The number of nitrogens with zero attached hydrogens (tertiary/aromatic N) is 2. The van der Waals surface area contributed by atoms with Gasteiger partial charge in [-0.1, -0.05) is 19.3 Å². The summed E-state index contributed by atoms with van der Waals surface area (Å²) in [5.74, 6) is -2.70. The third-order valence-corrected chi connectivity index (χ3v) is 9.26. The Morgan fingerprint density at radius 2 is 1.86 bits per heavy atom. The van der Waals surface area contributed by atoms with Gasteiger partial charge in [0.2, 0.25) is 0 Å². The number of hydrogen-bond donors (Lipinski definition) is 2. The van der Waals surface area contributed by atoms with E-state index in [1.165, 1.54) is 55.9 Å². The lowest BCUT2D eigenvalue weighted by molar-refractivity contribution is 0.0691. The number of methoxy groups -OCH3 is 1. The molecular formula is C25H26FN3O5S2. The van der Waals surface area contributed by atoms with Gasteiger partial charge in [0.05, 0.1) is 18.4 Å². The molecule has 36 heavy (non-hydrogen) atoms. The van der Waals surface area contributed by atoms with Gasteiger partial charge in [-0.15, -0.1) is 11.3 Å². The summed E-state index contributed by atoms with van der Waals surface area (Å²) in [6.07, 6.45) is 6.62. The lowest BCUT2D eigenvalue weighted by atomic mass is 9.68. The molecule has 1 spiro atoms. The maximum absolute atomic E-state index is 14.2. The Labute approximate surface area is 212 Å². The van der Waals surface area contributed by atoms with Crippen LogP contribution in [0.25, 0.3) is 10.6 Å². The van der Waals surface area contributed by atoms with E-state index in [1.54, 1.807) is 0 Å². The largest absolute Gasteiger partial charge is 0.495 e. The van der Waals surface area contributed by atoms with Gasteiger partial charge in [0.1, 0.15) is 16.6 Å². The minimum atomic E-state index is -4.17. The molecule has 2 heterocycles. The minimum Gasteiger partial charge on any atom is -0.495 e. The van der Waals surface area contributed by atoms with Crippen LogP contribution in [0.2, 0.25) is 0 Å². The maximum atomic E-state index is 14.2. The number of carbonyl (C=O) groups is 1. The Morgan fingerprint density at radius 3 is 2.50 bits per heavy atom. The number of rotatable bonds is 7. The van der Waals surface area contributed by atoms with Crippen molar-refractivity contribution in [1.29, 1.82) is 0 Å². The number of hydrogen-bond acceptors (Lipinski definition) is 7. The molecule has 0 radical (unpaired) electrons. The Kier molecular flexibility index (Phi) is 6.37. The fourth-order valence-electron chi connectivity index (χ4n) is 5.06. The highest BCUT2D eigenvalue weighted by Crippen LogP contribution is 2.45. The Bertz CT molecular complexity index is 1390. The topological polar surface area (TPSA) is 109 Å². The molecule has 1 saturated carbocycles. The molecule has 0 atom stereocenters. The van der Waals surface area contributed by atoms with Crippen LogP contribution in [0.1, 0.15) is 42.5 Å². The van der Waals surface area contributed by atoms with Crippen LogP contribution in [-0.4, -0.2) is 44.7 Å². The molecule has 1 aliphatic carbocycles. The van der Waals surface area contributed by atoms with E-state index in [1.807, 2.05) is 24.3 Å². The molecule has 0 unspecified atom stereocenters. The predicted molar refractivity (Wildman–Crippen MR) is 136 cm³/mol. The van der Waals surface area contributed by atoms with Crippen LogP contribution in [-0.2, 0) is 10.0 Å². The molecule has 2 aliphatic rings. The molecule has 0 bridgehead atoms. The van der Waals surface area contributed by atoms with E-state index < -0.39 is 27.4 Å². The van der Waals surface area contributed by atoms with Gasteiger partial charge in [0.25, 0.3) is 10.0 Å². The van der Waals surface area contributed by atoms with Gasteiger partial charge in [-0.25, -0.2) is 14.2 Å². The second kappa shape index (κ2) is 9.36. The van der Waals surface area contributed by atoms with Crippen molar-refractivity contribution in [2.75, 3.05) is 29.8 Å². The highest BCUT2D eigenvalue weighted by molar-refractivity contribution is 7.92. The first kappa shape index (κ1) is 24.5. The number of halogens is 1. The maximum Gasteiger partial charge on any atom is 0.338 e. The van der Waals surface area contributed by atoms with Crippen LogP contribution in [0.3, 0.4) is 0 Å². The first-order valence-electron chi connectivity index (χ1n) is 11.6. The molecule has 190 valence electrons. The van der Waals surface area contributed by atoms with E-state index in [4.69, 9.17) is 9.84 Å². The van der Waals surface area contributed by atoms with Crippen molar-refractivity contribution in [3.05, 3.63) is 53.2 Å². The monoisotopic (exact) mass is 531 g/mol. The lowest BCUT2D eigenvalue weighted by Gasteiger charge is -2.53. The standard InChI is InChI=1S/C25H26FN3O5S2/c1-34-21-11-18(24(30)31)19(26)12-20(21)28-36(32,33)22-13-35-23(27-22)16-5-7-17(8-6-16)29-14-25(15-29)9-3-2-4-10-25/h5-8,11-13,28H,2-4,9-10,14-15H2,1H3,(H,30,31). The van der Waals surface area contributed by atoms with Gasteiger partial charge in [-0.3, -0.25) is 4.72 Å². The number of thiazole rings is 1. The van der Waals surface area contributed by atoms with Crippen LogP contribution in [0.5, 0.6) is 5.75 Å². The summed E-state index contributed by atoms with van der Waals surface area (Å²) in [5.41, 5.74) is 1.60. The zero-order valence-electron chi connectivity index (χ0n) is 19.7. The van der Waals surface area contributed by atoms with E-state index in [-0.39, 0.29) is 16.5 Å². The van der Waals surface area contributed by atoms with E-state index in [0.717, 1.165) is 36.5 Å². The van der Waals surface area contributed by atoms with Crippen LogP contribution >= 0.6 is 11.3 Å². The molecule has 3 aromatic rings. The smallest absolute Gasteiger partial charge is 0.338 e. The van der Waals surface area contributed by atoms with E-state index in [9.17, 15) is 17.6 Å². The summed E-state index contributed by atoms with van der Waals surface area (Å²) >= 11 is 1.18. The van der Waals surface area contributed by atoms with Crippen molar-refractivity contribution in [3.8, 4) is 16.3 Å². The number of aromatic carboxylic acids is 1. The van der Waals surface area contributed by atoms with Crippen molar-refractivity contribution in [2.45, 2.75) is 37.1 Å². The van der Waals surface area contributed by atoms with Crippen LogP contribution in [0.4, 0.5) is 15.8 Å². The molecule has 1 aromatic heterocycles. The third kappa shape index (κ3) is 4.64. The molecule has 2 aromatic carbocycles. The number of ether oxygens (including phenoxy) is 1. The number of carboxylic acids is 1. The summed E-state index contributed by atoms with van der Waals surface area (Å²) in [6, 6.07) is 9.66. The molecule has 5 rings (SSSR count). The van der Waals surface area contributed by atoms with E-state index >= 15 is 0 Å². The van der Waals surface area contributed by atoms with Gasteiger partial charge in [-0.05, 0) is 43.2 Å². The molecule has 11 heteroatoms. The normalized spacial score (nSPS) is 17.0. The number of benzene rings is 2. The van der Waals surface area contributed by atoms with Gasteiger partial charge in [0.15, 0.2) is 5.03 Å². The van der Waals surface area contributed by atoms with E-state index in [0.29, 0.717) is 10.4 Å². The van der Waals surface area contributed by atoms with Crippen molar-refractivity contribution in [2.24, 2.45) is 5.41 Å². The van der Waals surface area contributed by atoms with Crippen molar-refractivity contribution < 1.29 is 27.4 Å². The quantitative estimate of drug-likeness (QED) is 0.430. The summed E-state index contributed by atoms with van der Waals surface area (Å²) in [5, 5.41) is 10.8. The zero-order valence-corrected chi connectivity index (χ0v) is 21.3. The zero-order chi connectivity index (χ0) is 25.5. The lowest BCUT2D eigenvalue weighted by Crippen LogP contribution is -2.57. The third-order valence-electron chi connectivity index (χ3n) is 6.97. The second-order valence-corrected chi connectivity index (χ2v) is 11.9. The average molecular weight is 532 g/mol. The predicted octanol–water partition coefficient (Wildman–Crippen LogP) is 5.23. The van der Waals surface area contributed by atoms with Crippen molar-refractivity contribution in [1.82, 2.24) is 4.98 Å². The Morgan fingerprint density at radius 1 is 1.17 bits per heavy atom. The van der Waals surface area contributed by atoms with Crippen molar-refractivity contribution >= 4 is 38.7 Å². The highest BCUT2D eigenvalue weighted by Gasteiger charge is 2.43. The SMILES string of the molecule is COc1cc(C(=O)O)c(F)cc1NS(=O)(=O)c1csc(-c2ccc(N3CC4(CCCCC4)C3)cc2)n1. The molecule has 8 nitrogen and oxygen atoms in total. The highest BCUT2D eigenvalue weighted by atomic mass is 32.2. The van der Waals surface area contributed by atoms with Gasteiger partial charge in [-0.2, -0.15) is 8.42 Å². The fourth-order valence-corrected chi connectivity index (χ4v) is 7.22. The molecule has 2 fully saturated rings. The molecule has 1 saturated heterocycles. The summed E-state index contributed by atoms with van der Waals surface area (Å²) in [7, 11) is -2.94. The number of nitrogens with one attached hydrogen (secondary N) is 1. The van der Waals surface area contributed by atoms with Gasteiger partial charge in [0, 0.05) is 41.2 Å². The first-order valence-corrected chi connectivity index (χ1v) is 14.0. The van der Waals surface area contributed by atoms with Gasteiger partial charge < -0.3 is 14.7 Å². The number of anilines is 2. The van der Waals surface area contributed by atoms with E-state index in [2.05, 4.69) is 14.6 Å². The molecular weight excluding hydrogens is 505 g/mol. The average Bonchev–Trinajstić information content (AvgIpc) is 3.34. The van der Waals surface area contributed by atoms with Crippen LogP contribution in [0, 0.1) is 11.2 Å². The number of aromatic nitrogens is 1. The fraction of sp³-hybridized carbons (Fsp3) is 0.360. The van der Waals surface area contributed by atoms with Crippen LogP contribution < -0.4 is 14.4 Å². The van der Waals surface area contributed by atoms with Gasteiger partial charge >= 0.3 is 5.97 Å². The summed E-state index contributed by atoms with van der Waals surface area (Å²) in [6.45, 7) is 2.18. The summed E-state index contributed by atoms with van der Waals surface area (Å²) < 4.78 is 47.3. The van der Waals surface area contributed by atoms with Crippen LogP contribution in [0.15, 0.2) is 46.8 Å². The number of carboxylic acid groups (broad SMARTS) is 1.